The molecule has 0 fully saturated rings. The van der Waals surface area contributed by atoms with Crippen LogP contribution in [-0.2, 0) is 13.1 Å². The number of aromatic nitrogens is 3. The van der Waals surface area contributed by atoms with Crippen molar-refractivity contribution in [3.05, 3.63) is 47.5 Å². The average molecular weight is 266 g/mol. The zero-order chi connectivity index (χ0) is 13.8. The lowest BCUT2D eigenvalue weighted by molar-refractivity contribution is 0.0944. The lowest BCUT2D eigenvalue weighted by Crippen LogP contribution is -2.25. The summed E-state index contributed by atoms with van der Waals surface area (Å²) in [5.41, 5.74) is -0.331. The number of hydrogen-bond acceptors (Lipinski definition) is 3. The number of carbonyl (C=O) groups excluding carboxylic acids is 1. The number of halogens is 2. The van der Waals surface area contributed by atoms with Gasteiger partial charge in [-0.05, 0) is 19.1 Å². The second-order valence-corrected chi connectivity index (χ2v) is 3.82. The first kappa shape index (κ1) is 13.1. The van der Waals surface area contributed by atoms with Gasteiger partial charge in [-0.3, -0.25) is 4.79 Å². The quantitative estimate of drug-likeness (QED) is 0.912. The Bertz CT molecular complexity index is 597. The number of nitrogens with zero attached hydrogens (tertiary/aromatic N) is 3. The molecule has 0 aliphatic heterocycles. The number of hydrogen-bond donors (Lipinski definition) is 1. The number of benzene rings is 1. The molecule has 2 aromatic rings. The summed E-state index contributed by atoms with van der Waals surface area (Å²) >= 11 is 0. The van der Waals surface area contributed by atoms with E-state index in [1.165, 1.54) is 18.5 Å². The van der Waals surface area contributed by atoms with Gasteiger partial charge in [0.1, 0.15) is 6.33 Å². The van der Waals surface area contributed by atoms with Crippen LogP contribution in [0.3, 0.4) is 0 Å². The first-order valence-corrected chi connectivity index (χ1v) is 5.72. The standard InChI is InChI=1S/C12H12F2N4O/c1-2-18-7-16-17-10(18)6-15-12(19)8-4-3-5-9(13)11(8)14/h3-5,7H,2,6H2,1H3,(H,15,19). The van der Waals surface area contributed by atoms with Gasteiger partial charge in [0.2, 0.25) is 0 Å². The number of aryl methyl sites for hydroxylation is 1. The van der Waals surface area contributed by atoms with Crippen molar-refractivity contribution in [2.24, 2.45) is 0 Å². The Morgan fingerprint density at radius 2 is 2.21 bits per heavy atom. The Morgan fingerprint density at radius 3 is 2.95 bits per heavy atom. The van der Waals surface area contributed by atoms with Crippen LogP contribution in [0.4, 0.5) is 8.78 Å². The summed E-state index contributed by atoms with van der Waals surface area (Å²) in [6.45, 7) is 2.66. The van der Waals surface area contributed by atoms with E-state index >= 15 is 0 Å². The summed E-state index contributed by atoms with van der Waals surface area (Å²) in [6, 6.07) is 3.46. The predicted octanol–water partition coefficient (Wildman–Crippen LogP) is 1.51. The zero-order valence-electron chi connectivity index (χ0n) is 10.2. The van der Waals surface area contributed by atoms with Gasteiger partial charge in [0, 0.05) is 6.54 Å². The van der Waals surface area contributed by atoms with Gasteiger partial charge >= 0.3 is 0 Å². The molecule has 0 saturated carbocycles. The van der Waals surface area contributed by atoms with Crippen molar-refractivity contribution in [3.63, 3.8) is 0 Å². The molecule has 1 aromatic heterocycles. The number of carbonyl (C=O) groups is 1. The van der Waals surface area contributed by atoms with Crippen molar-refractivity contribution in [3.8, 4) is 0 Å². The van der Waals surface area contributed by atoms with Gasteiger partial charge in [0.15, 0.2) is 17.5 Å². The van der Waals surface area contributed by atoms with Crippen molar-refractivity contribution in [1.29, 1.82) is 0 Å². The van der Waals surface area contributed by atoms with E-state index in [0.29, 0.717) is 12.4 Å². The highest BCUT2D eigenvalue weighted by atomic mass is 19.2. The number of nitrogens with one attached hydrogen (secondary N) is 1. The van der Waals surface area contributed by atoms with Crippen LogP contribution in [0, 0.1) is 11.6 Å². The summed E-state index contributed by atoms with van der Waals surface area (Å²) in [5.74, 6) is -2.35. The zero-order valence-corrected chi connectivity index (χ0v) is 10.2. The molecule has 0 saturated heterocycles. The first-order valence-electron chi connectivity index (χ1n) is 5.72. The molecule has 0 aliphatic rings. The summed E-state index contributed by atoms with van der Waals surface area (Å²) < 4.78 is 28.1. The lowest BCUT2D eigenvalue weighted by Gasteiger charge is -2.07. The van der Waals surface area contributed by atoms with Gasteiger partial charge < -0.3 is 9.88 Å². The van der Waals surface area contributed by atoms with E-state index in [-0.39, 0.29) is 12.1 Å². The smallest absolute Gasteiger partial charge is 0.254 e. The minimum atomic E-state index is -1.16. The maximum Gasteiger partial charge on any atom is 0.254 e. The van der Waals surface area contributed by atoms with Crippen molar-refractivity contribution in [2.45, 2.75) is 20.0 Å². The molecular weight excluding hydrogens is 254 g/mol. The lowest BCUT2D eigenvalue weighted by atomic mass is 10.2. The first-order chi connectivity index (χ1) is 9.13. The summed E-state index contributed by atoms with van der Waals surface area (Å²) in [4.78, 5) is 11.7. The largest absolute Gasteiger partial charge is 0.345 e. The van der Waals surface area contributed by atoms with E-state index < -0.39 is 17.5 Å². The molecule has 1 amide bonds. The molecule has 1 aromatic carbocycles. The molecule has 1 heterocycles. The number of amides is 1. The molecule has 19 heavy (non-hydrogen) atoms. The molecule has 5 nitrogen and oxygen atoms in total. The topological polar surface area (TPSA) is 59.8 Å². The molecule has 0 atom stereocenters. The van der Waals surface area contributed by atoms with Crippen LogP contribution in [0.2, 0.25) is 0 Å². The molecule has 0 aliphatic carbocycles. The van der Waals surface area contributed by atoms with E-state index in [1.54, 1.807) is 4.57 Å². The van der Waals surface area contributed by atoms with E-state index in [9.17, 15) is 13.6 Å². The van der Waals surface area contributed by atoms with Crippen LogP contribution in [0.25, 0.3) is 0 Å². The third-order valence-corrected chi connectivity index (χ3v) is 2.64. The van der Waals surface area contributed by atoms with Gasteiger partial charge in [-0.25, -0.2) is 8.78 Å². The van der Waals surface area contributed by atoms with Crippen molar-refractivity contribution < 1.29 is 13.6 Å². The van der Waals surface area contributed by atoms with Crippen LogP contribution in [-0.4, -0.2) is 20.7 Å². The maximum atomic E-state index is 13.4. The van der Waals surface area contributed by atoms with Gasteiger partial charge in [0.05, 0.1) is 12.1 Å². The molecule has 1 N–H and O–H groups in total. The SMILES string of the molecule is CCn1cnnc1CNC(=O)c1cccc(F)c1F. The Labute approximate surface area is 108 Å². The van der Waals surface area contributed by atoms with E-state index in [4.69, 9.17) is 0 Å². The van der Waals surface area contributed by atoms with E-state index in [0.717, 1.165) is 6.07 Å². The van der Waals surface area contributed by atoms with Gasteiger partial charge in [-0.15, -0.1) is 10.2 Å². The van der Waals surface area contributed by atoms with Crippen molar-refractivity contribution in [2.75, 3.05) is 0 Å². The van der Waals surface area contributed by atoms with E-state index in [2.05, 4.69) is 15.5 Å². The molecule has 0 radical (unpaired) electrons. The second-order valence-electron chi connectivity index (χ2n) is 3.82. The van der Waals surface area contributed by atoms with Crippen molar-refractivity contribution in [1.82, 2.24) is 20.1 Å². The predicted molar refractivity (Wildman–Crippen MR) is 63.2 cm³/mol. The minimum Gasteiger partial charge on any atom is -0.345 e. The molecular formula is C12H12F2N4O. The number of rotatable bonds is 4. The Morgan fingerprint density at radius 1 is 1.42 bits per heavy atom. The second kappa shape index (κ2) is 5.55. The normalized spacial score (nSPS) is 10.5. The molecule has 7 heteroatoms. The highest BCUT2D eigenvalue weighted by Crippen LogP contribution is 2.11. The Kier molecular flexibility index (Phi) is 3.84. The molecule has 2 rings (SSSR count). The third-order valence-electron chi connectivity index (χ3n) is 2.64. The van der Waals surface area contributed by atoms with Gasteiger partial charge in [-0.2, -0.15) is 0 Å². The maximum absolute atomic E-state index is 13.4. The Balaban J connectivity index is 2.08. The van der Waals surface area contributed by atoms with Crippen LogP contribution < -0.4 is 5.32 Å². The minimum absolute atomic E-state index is 0.0998. The Hall–Kier alpha value is -2.31. The summed E-state index contributed by atoms with van der Waals surface area (Å²) in [7, 11) is 0. The fourth-order valence-corrected chi connectivity index (χ4v) is 1.61. The fourth-order valence-electron chi connectivity index (χ4n) is 1.61. The summed E-state index contributed by atoms with van der Waals surface area (Å²) in [6.07, 6.45) is 1.53. The van der Waals surface area contributed by atoms with Crippen molar-refractivity contribution >= 4 is 5.91 Å². The highest BCUT2D eigenvalue weighted by Gasteiger charge is 2.15. The van der Waals surface area contributed by atoms with Crippen LogP contribution in [0.15, 0.2) is 24.5 Å². The molecule has 0 bridgehead atoms. The summed E-state index contributed by atoms with van der Waals surface area (Å²) in [5, 5.41) is 10.0. The van der Waals surface area contributed by atoms with Gasteiger partial charge in [0.25, 0.3) is 5.91 Å². The third kappa shape index (κ3) is 2.75. The molecule has 0 unspecified atom stereocenters. The fraction of sp³-hybridized carbons (Fsp3) is 0.250. The van der Waals surface area contributed by atoms with E-state index in [1.807, 2.05) is 6.92 Å². The molecule has 100 valence electrons. The molecule has 0 spiro atoms. The van der Waals surface area contributed by atoms with Gasteiger partial charge in [-0.1, -0.05) is 6.07 Å². The van der Waals surface area contributed by atoms with Crippen LogP contribution in [0.1, 0.15) is 23.1 Å². The van der Waals surface area contributed by atoms with Crippen LogP contribution in [0.5, 0.6) is 0 Å². The average Bonchev–Trinajstić information content (AvgIpc) is 2.86. The highest BCUT2D eigenvalue weighted by molar-refractivity contribution is 5.94. The monoisotopic (exact) mass is 266 g/mol. The van der Waals surface area contributed by atoms with Crippen LogP contribution >= 0.6 is 0 Å².